The molecule has 0 spiro atoms. The van der Waals surface area contributed by atoms with Crippen molar-refractivity contribution >= 4 is 5.78 Å². The Labute approximate surface area is 69.4 Å². The van der Waals surface area contributed by atoms with Crippen LogP contribution in [0.4, 0.5) is 0 Å². The molecule has 66 valence electrons. The summed E-state index contributed by atoms with van der Waals surface area (Å²) in [5.74, 6) is 0.337. The van der Waals surface area contributed by atoms with E-state index in [0.29, 0.717) is 12.3 Å². The highest BCUT2D eigenvalue weighted by atomic mass is 16.1. The summed E-state index contributed by atoms with van der Waals surface area (Å²) in [4.78, 5) is 10.9. The molecule has 0 atom stereocenters. The van der Waals surface area contributed by atoms with Gasteiger partial charge >= 0.3 is 0 Å². The van der Waals surface area contributed by atoms with E-state index in [1.165, 1.54) is 12.8 Å². The Morgan fingerprint density at radius 1 is 1.27 bits per heavy atom. The van der Waals surface area contributed by atoms with Crippen molar-refractivity contribution < 1.29 is 4.79 Å². The van der Waals surface area contributed by atoms with Crippen LogP contribution in [0.5, 0.6) is 0 Å². The number of rotatable bonds is 7. The molecule has 0 rings (SSSR count). The minimum atomic E-state index is 0.337. The zero-order valence-corrected chi connectivity index (χ0v) is 7.65. The number of unbranched alkanes of at least 4 members (excludes halogenated alkanes) is 1. The number of carbonyl (C=O) groups is 1. The first-order chi connectivity index (χ1) is 5.31. The van der Waals surface area contributed by atoms with Crippen LogP contribution in [0.15, 0.2) is 0 Å². The van der Waals surface area contributed by atoms with E-state index in [2.05, 4.69) is 12.2 Å². The Morgan fingerprint density at radius 2 is 2.00 bits per heavy atom. The molecule has 0 saturated heterocycles. The summed E-state index contributed by atoms with van der Waals surface area (Å²) in [6, 6.07) is 0. The van der Waals surface area contributed by atoms with Gasteiger partial charge in [-0.2, -0.15) is 0 Å². The molecule has 0 fully saturated rings. The van der Waals surface area contributed by atoms with Crippen molar-refractivity contribution in [1.82, 2.24) is 5.32 Å². The Hall–Kier alpha value is -0.370. The number of Topliss-reactive ketones (excluding diaryl/α,β-unsaturated/α-hetero) is 1. The predicted molar refractivity (Wildman–Crippen MR) is 47.7 cm³/mol. The molecular formula is C9H19NO. The fraction of sp³-hybridized carbons (Fsp3) is 0.889. The van der Waals surface area contributed by atoms with Crippen LogP contribution in [-0.4, -0.2) is 18.9 Å². The standard InChI is InChI=1S/C9H19NO/c1-3-5-7-10-8-9(11)6-4-2/h10H,3-8H2,1-2H3. The summed E-state index contributed by atoms with van der Waals surface area (Å²) >= 11 is 0. The van der Waals surface area contributed by atoms with Crippen molar-refractivity contribution in [1.29, 1.82) is 0 Å². The molecule has 0 amide bonds. The summed E-state index contributed by atoms with van der Waals surface area (Å²) in [6.07, 6.45) is 4.04. The lowest BCUT2D eigenvalue weighted by atomic mass is 10.2. The summed E-state index contributed by atoms with van der Waals surface area (Å²) in [7, 11) is 0. The molecule has 0 aliphatic heterocycles. The topological polar surface area (TPSA) is 29.1 Å². The third-order valence-electron chi connectivity index (χ3n) is 1.56. The molecule has 0 heterocycles. The van der Waals surface area contributed by atoms with Crippen LogP contribution in [0.3, 0.4) is 0 Å². The van der Waals surface area contributed by atoms with E-state index in [9.17, 15) is 4.79 Å². The number of hydrogen-bond acceptors (Lipinski definition) is 2. The largest absolute Gasteiger partial charge is 0.310 e. The smallest absolute Gasteiger partial charge is 0.146 e. The van der Waals surface area contributed by atoms with E-state index in [4.69, 9.17) is 0 Å². The molecule has 2 nitrogen and oxygen atoms in total. The van der Waals surface area contributed by atoms with Crippen molar-refractivity contribution in [2.24, 2.45) is 0 Å². The third-order valence-corrected chi connectivity index (χ3v) is 1.56. The first-order valence-electron chi connectivity index (χ1n) is 4.53. The maximum absolute atomic E-state index is 10.9. The average Bonchev–Trinajstić information content (AvgIpc) is 1.99. The van der Waals surface area contributed by atoms with E-state index < -0.39 is 0 Å². The highest BCUT2D eigenvalue weighted by molar-refractivity contribution is 5.80. The van der Waals surface area contributed by atoms with Gasteiger partial charge in [0.15, 0.2) is 0 Å². The maximum Gasteiger partial charge on any atom is 0.146 e. The van der Waals surface area contributed by atoms with Crippen LogP contribution in [0.2, 0.25) is 0 Å². The second kappa shape index (κ2) is 7.73. The Morgan fingerprint density at radius 3 is 2.55 bits per heavy atom. The Kier molecular flexibility index (Phi) is 7.47. The molecule has 0 unspecified atom stereocenters. The predicted octanol–water partition coefficient (Wildman–Crippen LogP) is 1.75. The van der Waals surface area contributed by atoms with Crippen LogP contribution in [0, 0.1) is 0 Å². The van der Waals surface area contributed by atoms with Crippen LogP contribution in [0.25, 0.3) is 0 Å². The molecule has 1 N–H and O–H groups in total. The number of nitrogens with one attached hydrogen (secondary N) is 1. The molecule has 0 aromatic carbocycles. The van der Waals surface area contributed by atoms with Gasteiger partial charge in [0.1, 0.15) is 5.78 Å². The fourth-order valence-corrected chi connectivity index (χ4v) is 0.897. The summed E-state index contributed by atoms with van der Waals surface area (Å²) in [5, 5.41) is 3.12. The van der Waals surface area contributed by atoms with Crippen molar-refractivity contribution in [2.45, 2.75) is 39.5 Å². The Bertz CT molecular complexity index is 102. The minimum absolute atomic E-state index is 0.337. The molecule has 0 bridgehead atoms. The summed E-state index contributed by atoms with van der Waals surface area (Å²) in [5.41, 5.74) is 0. The van der Waals surface area contributed by atoms with Gasteiger partial charge in [-0.05, 0) is 19.4 Å². The lowest BCUT2D eigenvalue weighted by Gasteiger charge is -2.00. The monoisotopic (exact) mass is 157 g/mol. The third kappa shape index (κ3) is 7.53. The highest BCUT2D eigenvalue weighted by Crippen LogP contribution is 1.87. The van der Waals surface area contributed by atoms with E-state index in [0.717, 1.165) is 19.4 Å². The molecule has 11 heavy (non-hydrogen) atoms. The van der Waals surface area contributed by atoms with Gasteiger partial charge in [0.05, 0.1) is 6.54 Å². The van der Waals surface area contributed by atoms with Crippen LogP contribution < -0.4 is 5.32 Å². The first-order valence-corrected chi connectivity index (χ1v) is 4.53. The van der Waals surface area contributed by atoms with Gasteiger partial charge in [-0.3, -0.25) is 4.79 Å². The second-order valence-electron chi connectivity index (χ2n) is 2.82. The summed E-state index contributed by atoms with van der Waals surface area (Å²) in [6.45, 7) is 5.72. The first kappa shape index (κ1) is 10.6. The molecule has 0 aromatic rings. The highest BCUT2D eigenvalue weighted by Gasteiger charge is 1.97. The average molecular weight is 157 g/mol. The van der Waals surface area contributed by atoms with Crippen molar-refractivity contribution in [2.75, 3.05) is 13.1 Å². The van der Waals surface area contributed by atoms with Gasteiger partial charge in [-0.1, -0.05) is 20.3 Å². The minimum Gasteiger partial charge on any atom is -0.310 e. The van der Waals surface area contributed by atoms with Crippen LogP contribution in [0.1, 0.15) is 39.5 Å². The molecule has 0 aliphatic rings. The van der Waals surface area contributed by atoms with Gasteiger partial charge in [0.25, 0.3) is 0 Å². The maximum atomic E-state index is 10.9. The molecule has 0 aromatic heterocycles. The SMILES string of the molecule is CCCCNCC(=O)CCC. The van der Waals surface area contributed by atoms with Gasteiger partial charge < -0.3 is 5.32 Å². The van der Waals surface area contributed by atoms with Gasteiger partial charge in [-0.15, -0.1) is 0 Å². The van der Waals surface area contributed by atoms with E-state index in [1.54, 1.807) is 0 Å². The number of ketones is 1. The fourth-order valence-electron chi connectivity index (χ4n) is 0.897. The quantitative estimate of drug-likeness (QED) is 0.570. The van der Waals surface area contributed by atoms with Crippen molar-refractivity contribution in [3.63, 3.8) is 0 Å². The van der Waals surface area contributed by atoms with Crippen LogP contribution >= 0.6 is 0 Å². The van der Waals surface area contributed by atoms with Crippen molar-refractivity contribution in [3.05, 3.63) is 0 Å². The molecule has 0 aliphatic carbocycles. The zero-order valence-electron chi connectivity index (χ0n) is 7.65. The molecule has 0 radical (unpaired) electrons. The molecular weight excluding hydrogens is 138 g/mol. The second-order valence-corrected chi connectivity index (χ2v) is 2.82. The van der Waals surface area contributed by atoms with E-state index in [1.807, 2.05) is 6.92 Å². The summed E-state index contributed by atoms with van der Waals surface area (Å²) < 4.78 is 0. The lowest BCUT2D eigenvalue weighted by Crippen LogP contribution is -2.23. The lowest BCUT2D eigenvalue weighted by molar-refractivity contribution is -0.118. The number of carbonyl (C=O) groups excluding carboxylic acids is 1. The van der Waals surface area contributed by atoms with Crippen LogP contribution in [-0.2, 0) is 4.79 Å². The van der Waals surface area contributed by atoms with E-state index in [-0.39, 0.29) is 0 Å². The van der Waals surface area contributed by atoms with Gasteiger partial charge in [0.2, 0.25) is 0 Å². The van der Waals surface area contributed by atoms with Crippen molar-refractivity contribution in [3.8, 4) is 0 Å². The molecule has 0 saturated carbocycles. The number of hydrogen-bond donors (Lipinski definition) is 1. The van der Waals surface area contributed by atoms with Gasteiger partial charge in [-0.25, -0.2) is 0 Å². The Balaban J connectivity index is 3.04. The molecule has 2 heteroatoms. The van der Waals surface area contributed by atoms with E-state index >= 15 is 0 Å². The zero-order chi connectivity index (χ0) is 8.53. The van der Waals surface area contributed by atoms with Gasteiger partial charge in [0, 0.05) is 6.42 Å². The normalized spacial score (nSPS) is 10.0.